The lowest BCUT2D eigenvalue weighted by molar-refractivity contribution is -0.384. The molecule has 3 rings (SSSR count). The highest BCUT2D eigenvalue weighted by Gasteiger charge is 2.22. The van der Waals surface area contributed by atoms with Crippen LogP contribution in [0.15, 0.2) is 65.6 Å². The number of non-ortho nitro benzene ring substituents is 1. The molecule has 160 valence electrons. The Kier molecular flexibility index (Phi) is 6.71. The summed E-state index contributed by atoms with van der Waals surface area (Å²) in [5, 5.41) is 18.4. The molecule has 31 heavy (non-hydrogen) atoms. The molecule has 0 aliphatic rings. The van der Waals surface area contributed by atoms with E-state index >= 15 is 0 Å². The lowest BCUT2D eigenvalue weighted by Crippen LogP contribution is -2.30. The highest BCUT2D eigenvalue weighted by atomic mass is 35.5. The fourth-order valence-electron chi connectivity index (χ4n) is 2.44. The molecule has 0 aliphatic carbocycles. The normalized spacial score (nSPS) is 11.1. The summed E-state index contributed by atoms with van der Waals surface area (Å²) >= 11 is 18.3. The molecule has 0 amide bonds. The molecular weight excluding hydrogens is 489 g/mol. The van der Waals surface area contributed by atoms with Gasteiger partial charge in [-0.3, -0.25) is 20.2 Å². The maximum atomic E-state index is 12.7. The summed E-state index contributed by atoms with van der Waals surface area (Å²) in [5.41, 5.74) is 0.138. The minimum atomic E-state index is -4.17. The van der Waals surface area contributed by atoms with Gasteiger partial charge in [-0.15, -0.1) is 0 Å². The summed E-state index contributed by atoms with van der Waals surface area (Å²) < 4.78 is 33.0. The third kappa shape index (κ3) is 5.26. The molecule has 0 heterocycles. The van der Waals surface area contributed by atoms with Crippen molar-refractivity contribution in [3.05, 3.63) is 91.4 Å². The summed E-state index contributed by atoms with van der Waals surface area (Å²) in [7, 11) is -4.17. The van der Waals surface area contributed by atoms with Gasteiger partial charge in [0.15, 0.2) is 5.75 Å². The van der Waals surface area contributed by atoms with E-state index in [4.69, 9.17) is 44.9 Å². The van der Waals surface area contributed by atoms with E-state index in [1.807, 2.05) is 0 Å². The van der Waals surface area contributed by atoms with Crippen LogP contribution in [0.25, 0.3) is 0 Å². The molecule has 0 aromatic heterocycles. The molecular formula is C19H12Cl3N3O5S. The average Bonchev–Trinajstić information content (AvgIpc) is 2.71. The second-order valence-electron chi connectivity index (χ2n) is 6.04. The van der Waals surface area contributed by atoms with Crippen LogP contribution in [0.4, 0.5) is 5.69 Å². The Morgan fingerprint density at radius 1 is 0.968 bits per heavy atom. The van der Waals surface area contributed by atoms with Gasteiger partial charge in [0.1, 0.15) is 11.6 Å². The SMILES string of the molecule is N=C(NS(=O)(=O)c1cc(Cl)c(Oc2ccc([N+](=O)[O-])cc2Cl)c(Cl)c1)c1ccccc1. The third-order valence-corrected chi connectivity index (χ3v) is 6.11. The van der Waals surface area contributed by atoms with Gasteiger partial charge in [0.25, 0.3) is 15.7 Å². The van der Waals surface area contributed by atoms with Crippen LogP contribution in [0.2, 0.25) is 15.1 Å². The first-order chi connectivity index (χ1) is 14.6. The zero-order chi connectivity index (χ0) is 22.8. The first-order valence-electron chi connectivity index (χ1n) is 8.36. The topological polar surface area (TPSA) is 122 Å². The van der Waals surface area contributed by atoms with Crippen molar-refractivity contribution in [3.63, 3.8) is 0 Å². The number of halogens is 3. The number of hydrogen-bond acceptors (Lipinski definition) is 6. The summed E-state index contributed by atoms with van der Waals surface area (Å²) in [5.74, 6) is -0.377. The molecule has 0 radical (unpaired) electrons. The number of hydrogen-bond donors (Lipinski definition) is 2. The van der Waals surface area contributed by atoms with E-state index in [1.165, 1.54) is 12.1 Å². The highest BCUT2D eigenvalue weighted by molar-refractivity contribution is 7.90. The zero-order valence-electron chi connectivity index (χ0n) is 15.3. The quantitative estimate of drug-likeness (QED) is 0.196. The van der Waals surface area contributed by atoms with Gasteiger partial charge in [-0.05, 0) is 18.2 Å². The number of nitro benzene ring substituents is 1. The van der Waals surface area contributed by atoms with Crippen molar-refractivity contribution in [1.82, 2.24) is 4.72 Å². The molecule has 0 spiro atoms. The second-order valence-corrected chi connectivity index (χ2v) is 8.94. The Balaban J connectivity index is 1.88. The smallest absolute Gasteiger partial charge is 0.271 e. The third-order valence-electron chi connectivity index (χ3n) is 3.92. The van der Waals surface area contributed by atoms with E-state index in [9.17, 15) is 18.5 Å². The van der Waals surface area contributed by atoms with Crippen LogP contribution >= 0.6 is 34.8 Å². The minimum Gasteiger partial charge on any atom is -0.453 e. The van der Waals surface area contributed by atoms with Gasteiger partial charge in [0.05, 0.1) is 24.9 Å². The van der Waals surface area contributed by atoms with Crippen molar-refractivity contribution in [1.29, 1.82) is 5.41 Å². The number of sulfonamides is 1. The van der Waals surface area contributed by atoms with Crippen molar-refractivity contribution in [2.45, 2.75) is 4.90 Å². The van der Waals surface area contributed by atoms with E-state index < -0.39 is 14.9 Å². The van der Waals surface area contributed by atoms with E-state index in [0.29, 0.717) is 5.56 Å². The molecule has 3 aromatic carbocycles. The lowest BCUT2D eigenvalue weighted by atomic mass is 10.2. The van der Waals surface area contributed by atoms with E-state index in [0.717, 1.165) is 18.2 Å². The van der Waals surface area contributed by atoms with Gasteiger partial charge in [-0.2, -0.15) is 0 Å². The predicted molar refractivity (Wildman–Crippen MR) is 118 cm³/mol. The van der Waals surface area contributed by atoms with Crippen LogP contribution in [-0.2, 0) is 10.0 Å². The first kappa shape index (κ1) is 22.8. The van der Waals surface area contributed by atoms with Crippen LogP contribution in [-0.4, -0.2) is 19.2 Å². The summed E-state index contributed by atoms with van der Waals surface area (Å²) in [4.78, 5) is 9.91. The molecule has 0 bridgehead atoms. The standard InChI is InChI=1S/C19H12Cl3N3O5S/c20-14-8-12(25(26)27)6-7-17(14)30-18-15(21)9-13(10-16(18)22)31(28,29)24-19(23)11-4-2-1-3-5-11/h1-10H,(H2,23,24). The van der Waals surface area contributed by atoms with Gasteiger partial charge in [-0.25, -0.2) is 8.42 Å². The minimum absolute atomic E-state index is 0.0376. The monoisotopic (exact) mass is 499 g/mol. The largest absolute Gasteiger partial charge is 0.453 e. The number of nitro groups is 1. The van der Waals surface area contributed by atoms with Crippen LogP contribution < -0.4 is 9.46 Å². The fraction of sp³-hybridized carbons (Fsp3) is 0. The molecule has 12 heteroatoms. The maximum Gasteiger partial charge on any atom is 0.271 e. The van der Waals surface area contributed by atoms with Crippen molar-refractivity contribution in [2.24, 2.45) is 0 Å². The van der Waals surface area contributed by atoms with Crippen molar-refractivity contribution >= 4 is 56.3 Å². The number of nitrogens with one attached hydrogen (secondary N) is 2. The Labute approximate surface area is 192 Å². The lowest BCUT2D eigenvalue weighted by Gasteiger charge is -2.14. The van der Waals surface area contributed by atoms with Gasteiger partial charge >= 0.3 is 0 Å². The predicted octanol–water partition coefficient (Wildman–Crippen LogP) is 5.65. The number of ether oxygens (including phenoxy) is 1. The van der Waals surface area contributed by atoms with Gasteiger partial charge in [0.2, 0.25) is 0 Å². The molecule has 3 aromatic rings. The molecule has 0 aliphatic heterocycles. The molecule has 0 saturated carbocycles. The van der Waals surface area contributed by atoms with E-state index in [2.05, 4.69) is 4.72 Å². The van der Waals surface area contributed by atoms with Crippen molar-refractivity contribution in [2.75, 3.05) is 0 Å². The van der Waals surface area contributed by atoms with Crippen molar-refractivity contribution in [3.8, 4) is 11.5 Å². The zero-order valence-corrected chi connectivity index (χ0v) is 18.4. The number of amidine groups is 1. The molecule has 0 fully saturated rings. The molecule has 8 nitrogen and oxygen atoms in total. The second kappa shape index (κ2) is 9.11. The van der Waals surface area contributed by atoms with E-state index in [1.54, 1.807) is 30.3 Å². The Bertz CT molecular complexity index is 1260. The van der Waals surface area contributed by atoms with Crippen LogP contribution in [0, 0.1) is 15.5 Å². The fourth-order valence-corrected chi connectivity index (χ4v) is 4.40. The number of rotatable bonds is 6. The Morgan fingerprint density at radius 2 is 1.58 bits per heavy atom. The van der Waals surface area contributed by atoms with Gasteiger partial charge in [0, 0.05) is 17.7 Å². The number of nitrogens with zero attached hydrogens (tertiary/aromatic N) is 1. The molecule has 0 atom stereocenters. The summed E-state index contributed by atoms with van der Waals surface area (Å²) in [6.07, 6.45) is 0. The van der Waals surface area contributed by atoms with Crippen LogP contribution in [0.1, 0.15) is 5.56 Å². The Hall–Kier alpha value is -2.85. The first-order valence-corrected chi connectivity index (χ1v) is 11.0. The molecule has 0 unspecified atom stereocenters. The highest BCUT2D eigenvalue weighted by Crippen LogP contribution is 2.41. The van der Waals surface area contributed by atoms with E-state index in [-0.39, 0.29) is 43.0 Å². The summed E-state index contributed by atoms with van der Waals surface area (Å²) in [6.45, 7) is 0. The maximum absolute atomic E-state index is 12.7. The van der Waals surface area contributed by atoms with Crippen molar-refractivity contribution < 1.29 is 18.1 Å². The molecule has 2 N–H and O–H groups in total. The Morgan fingerprint density at radius 3 is 2.13 bits per heavy atom. The summed E-state index contributed by atoms with van der Waals surface area (Å²) in [6, 6.07) is 14.0. The number of benzene rings is 3. The average molecular weight is 501 g/mol. The molecule has 0 saturated heterocycles. The van der Waals surface area contributed by atoms with Gasteiger partial charge < -0.3 is 4.74 Å². The van der Waals surface area contributed by atoms with Gasteiger partial charge in [-0.1, -0.05) is 65.1 Å². The van der Waals surface area contributed by atoms with Crippen LogP contribution in [0.5, 0.6) is 11.5 Å². The van der Waals surface area contributed by atoms with Crippen LogP contribution in [0.3, 0.4) is 0 Å².